The molecule has 0 aromatic heterocycles. The summed E-state index contributed by atoms with van der Waals surface area (Å²) in [5, 5.41) is 23.3. The molecule has 4 N–H and O–H groups in total. The predicted octanol–water partition coefficient (Wildman–Crippen LogP) is 1.27. The molecule has 0 radical (unpaired) electrons. The second-order valence-corrected chi connectivity index (χ2v) is 8.04. The number of nitrogens with zero attached hydrogens (tertiary/aromatic N) is 1. The van der Waals surface area contributed by atoms with Crippen molar-refractivity contribution in [1.82, 2.24) is 10.6 Å². The molecule has 1 aromatic carbocycles. The monoisotopic (exact) mass is 393 g/mol. The predicted molar refractivity (Wildman–Crippen MR) is 106 cm³/mol. The Hall–Kier alpha value is -2.59. The lowest BCUT2D eigenvalue weighted by molar-refractivity contribution is 0.0545. The minimum Gasteiger partial charge on any atom is -0.444 e. The first-order valence-corrected chi connectivity index (χ1v) is 8.74. The van der Waals surface area contributed by atoms with Crippen LogP contribution in [0, 0.1) is 0 Å². The molecule has 2 amide bonds. The molecule has 0 spiro atoms. The van der Waals surface area contributed by atoms with Crippen molar-refractivity contribution in [1.29, 1.82) is 0 Å². The molecule has 0 unspecified atom stereocenters. The van der Waals surface area contributed by atoms with Crippen LogP contribution < -0.4 is 16.1 Å². The topological polar surface area (TPSA) is 129 Å². The molecule has 0 bridgehead atoms. The lowest BCUT2D eigenvalue weighted by Gasteiger charge is -2.22. The third kappa shape index (κ3) is 9.93. The number of rotatable bonds is 3. The quantitative estimate of drug-likeness (QED) is 0.348. The van der Waals surface area contributed by atoms with Gasteiger partial charge in [0, 0.05) is 0 Å². The van der Waals surface area contributed by atoms with Gasteiger partial charge in [-0.25, -0.2) is 14.6 Å². The fraction of sp³-hybridized carbons (Fsp3) is 0.500. The van der Waals surface area contributed by atoms with Gasteiger partial charge in [-0.2, -0.15) is 0 Å². The van der Waals surface area contributed by atoms with Crippen LogP contribution in [0.1, 0.15) is 47.1 Å². The van der Waals surface area contributed by atoms with E-state index in [2.05, 4.69) is 15.6 Å². The van der Waals surface area contributed by atoms with E-state index in [-0.39, 0.29) is 12.5 Å². The fourth-order valence-electron chi connectivity index (χ4n) is 1.93. The number of amides is 2. The lowest BCUT2D eigenvalue weighted by Crippen LogP contribution is -2.47. The highest BCUT2D eigenvalue weighted by Gasteiger charge is 2.21. The van der Waals surface area contributed by atoms with Crippen LogP contribution in [0.2, 0.25) is 0 Å². The average Bonchev–Trinajstić information content (AvgIpc) is 2.49. The van der Waals surface area contributed by atoms with E-state index in [0.717, 1.165) is 0 Å². The number of carbonyl (C=O) groups is 2. The van der Waals surface area contributed by atoms with Crippen LogP contribution in [0.3, 0.4) is 0 Å². The van der Waals surface area contributed by atoms with E-state index in [4.69, 9.17) is 9.47 Å². The molecule has 0 atom stereocenters. The molecule has 0 heterocycles. The van der Waals surface area contributed by atoms with Crippen molar-refractivity contribution in [3.8, 4) is 0 Å². The summed E-state index contributed by atoms with van der Waals surface area (Å²) in [7, 11) is -1.61. The Kier molecular flexibility index (Phi) is 8.01. The molecular formula is C18H28BN3O6. The Labute approximate surface area is 165 Å². The highest BCUT2D eigenvalue weighted by atomic mass is 16.6. The van der Waals surface area contributed by atoms with E-state index >= 15 is 0 Å². The second-order valence-electron chi connectivity index (χ2n) is 8.04. The van der Waals surface area contributed by atoms with Crippen molar-refractivity contribution in [2.75, 3.05) is 0 Å². The Morgan fingerprint density at radius 1 is 1.00 bits per heavy atom. The number of aliphatic imine (C=N–C) groups is 1. The van der Waals surface area contributed by atoms with E-state index in [9.17, 15) is 19.6 Å². The van der Waals surface area contributed by atoms with Crippen LogP contribution in [0.25, 0.3) is 0 Å². The van der Waals surface area contributed by atoms with Crippen molar-refractivity contribution >= 4 is 30.7 Å². The third-order valence-corrected chi connectivity index (χ3v) is 2.91. The lowest BCUT2D eigenvalue weighted by atomic mass is 9.80. The van der Waals surface area contributed by atoms with Crippen LogP contribution >= 0.6 is 0 Å². The Bertz CT molecular complexity index is 691. The van der Waals surface area contributed by atoms with Crippen molar-refractivity contribution in [2.24, 2.45) is 4.99 Å². The number of benzene rings is 1. The van der Waals surface area contributed by atoms with E-state index < -0.39 is 30.5 Å². The molecule has 9 nitrogen and oxygen atoms in total. The van der Waals surface area contributed by atoms with Gasteiger partial charge < -0.3 is 19.5 Å². The fourth-order valence-corrected chi connectivity index (χ4v) is 1.93. The molecule has 0 fully saturated rings. The molecule has 0 aliphatic carbocycles. The maximum Gasteiger partial charge on any atom is 0.488 e. The largest absolute Gasteiger partial charge is 0.488 e. The SMILES string of the molecule is CC(C)(C)OC(=O)NC(=NCc1cccc(B(O)O)c1)NC(=O)OC(C)(C)C. The molecule has 1 rings (SSSR count). The summed E-state index contributed by atoms with van der Waals surface area (Å²) in [5.41, 5.74) is -0.520. The molecule has 154 valence electrons. The molecule has 0 aliphatic heterocycles. The summed E-state index contributed by atoms with van der Waals surface area (Å²) in [6, 6.07) is 6.46. The standard InChI is InChI=1S/C18H28BN3O6/c1-17(2,3)27-15(23)21-14(22-16(24)28-18(4,5)6)20-11-12-8-7-9-13(10-12)19(25)26/h7-10,25-26H,11H2,1-6H3,(H2,20,21,22,23,24). The molecule has 10 heteroatoms. The van der Waals surface area contributed by atoms with Crippen LogP contribution in [0.15, 0.2) is 29.3 Å². The van der Waals surface area contributed by atoms with Gasteiger partial charge in [-0.3, -0.25) is 10.6 Å². The second kappa shape index (κ2) is 9.56. The first kappa shape index (κ1) is 23.5. The first-order valence-electron chi connectivity index (χ1n) is 8.74. The highest BCUT2D eigenvalue weighted by Crippen LogP contribution is 2.08. The number of hydrogen-bond acceptors (Lipinski definition) is 7. The first-order chi connectivity index (χ1) is 12.7. The zero-order chi connectivity index (χ0) is 21.5. The third-order valence-electron chi connectivity index (χ3n) is 2.91. The van der Waals surface area contributed by atoms with Gasteiger partial charge in [0.05, 0.1) is 6.54 Å². The van der Waals surface area contributed by atoms with Gasteiger partial charge in [-0.15, -0.1) is 0 Å². The molecule has 0 saturated carbocycles. The number of carbonyl (C=O) groups excluding carboxylic acids is 2. The summed E-state index contributed by atoms with van der Waals surface area (Å²) in [6.45, 7) is 10.3. The molecule has 0 saturated heterocycles. The van der Waals surface area contributed by atoms with Crippen molar-refractivity contribution in [3.63, 3.8) is 0 Å². The molecule has 1 aromatic rings. The van der Waals surface area contributed by atoms with Gasteiger partial charge in [-0.05, 0) is 52.6 Å². The van der Waals surface area contributed by atoms with Gasteiger partial charge in [0.15, 0.2) is 0 Å². The zero-order valence-corrected chi connectivity index (χ0v) is 17.1. The number of ether oxygens (including phenoxy) is 2. The molecule has 28 heavy (non-hydrogen) atoms. The van der Waals surface area contributed by atoms with Crippen molar-refractivity contribution < 1.29 is 29.1 Å². The maximum absolute atomic E-state index is 12.0. The van der Waals surface area contributed by atoms with E-state index in [0.29, 0.717) is 11.0 Å². The minimum atomic E-state index is -1.61. The highest BCUT2D eigenvalue weighted by molar-refractivity contribution is 6.58. The summed E-state index contributed by atoms with van der Waals surface area (Å²) in [6.07, 6.45) is -1.58. The van der Waals surface area contributed by atoms with Crippen LogP contribution in [-0.4, -0.2) is 46.5 Å². The van der Waals surface area contributed by atoms with Gasteiger partial charge in [0.1, 0.15) is 11.2 Å². The van der Waals surface area contributed by atoms with Crippen LogP contribution in [0.5, 0.6) is 0 Å². The van der Waals surface area contributed by atoms with Gasteiger partial charge in [0.25, 0.3) is 0 Å². The Balaban J connectivity index is 2.95. The van der Waals surface area contributed by atoms with Crippen LogP contribution in [0.4, 0.5) is 9.59 Å². The number of hydrogen-bond donors (Lipinski definition) is 4. The maximum atomic E-state index is 12.0. The number of guanidine groups is 1. The van der Waals surface area contributed by atoms with Crippen molar-refractivity contribution in [2.45, 2.75) is 59.3 Å². The van der Waals surface area contributed by atoms with E-state index in [1.165, 1.54) is 0 Å². The zero-order valence-electron chi connectivity index (χ0n) is 17.1. The molecular weight excluding hydrogens is 365 g/mol. The normalized spacial score (nSPS) is 11.3. The number of alkyl carbamates (subject to hydrolysis) is 2. The smallest absolute Gasteiger partial charge is 0.444 e. The number of nitrogens with one attached hydrogen (secondary N) is 2. The summed E-state index contributed by atoms with van der Waals surface area (Å²) >= 11 is 0. The minimum absolute atomic E-state index is 0.0570. The van der Waals surface area contributed by atoms with Gasteiger partial charge >= 0.3 is 19.3 Å². The summed E-state index contributed by atoms with van der Waals surface area (Å²) < 4.78 is 10.3. The summed E-state index contributed by atoms with van der Waals surface area (Å²) in [5.74, 6) is -0.154. The van der Waals surface area contributed by atoms with Gasteiger partial charge in [-0.1, -0.05) is 24.3 Å². The Morgan fingerprint density at radius 3 is 1.93 bits per heavy atom. The van der Waals surface area contributed by atoms with Crippen LogP contribution in [-0.2, 0) is 16.0 Å². The Morgan fingerprint density at radius 2 is 1.50 bits per heavy atom. The van der Waals surface area contributed by atoms with Gasteiger partial charge in [0.2, 0.25) is 5.96 Å². The molecule has 0 aliphatic rings. The van der Waals surface area contributed by atoms with Crippen molar-refractivity contribution in [3.05, 3.63) is 29.8 Å². The van der Waals surface area contributed by atoms with E-state index in [1.54, 1.807) is 65.8 Å². The average molecular weight is 393 g/mol. The summed E-state index contributed by atoms with van der Waals surface area (Å²) in [4.78, 5) is 28.2. The van der Waals surface area contributed by atoms with E-state index in [1.807, 2.05) is 0 Å².